The molecule has 0 bridgehead atoms. The molecule has 0 radical (unpaired) electrons. The Hall–Kier alpha value is -2.34. The number of nitrogens with zero attached hydrogens (tertiary/aromatic N) is 1. The fourth-order valence-electron chi connectivity index (χ4n) is 2.52. The van der Waals surface area contributed by atoms with Crippen molar-refractivity contribution in [3.63, 3.8) is 0 Å². The third-order valence-electron chi connectivity index (χ3n) is 3.64. The van der Waals surface area contributed by atoms with Gasteiger partial charge in [-0.2, -0.15) is 0 Å². The van der Waals surface area contributed by atoms with Crippen molar-refractivity contribution >= 4 is 39.1 Å². The van der Waals surface area contributed by atoms with Gasteiger partial charge in [-0.15, -0.1) is 0 Å². The number of hydrogen-bond acceptors (Lipinski definition) is 4. The Morgan fingerprint density at radius 3 is 2.57 bits per heavy atom. The van der Waals surface area contributed by atoms with E-state index >= 15 is 0 Å². The molecule has 2 aromatic carbocycles. The van der Waals surface area contributed by atoms with E-state index in [-0.39, 0.29) is 18.2 Å². The van der Waals surface area contributed by atoms with Gasteiger partial charge in [0.2, 0.25) is 5.91 Å². The van der Waals surface area contributed by atoms with Crippen LogP contribution in [0.3, 0.4) is 0 Å². The summed E-state index contributed by atoms with van der Waals surface area (Å²) in [6.07, 6.45) is 0.136. The predicted octanol–water partition coefficient (Wildman–Crippen LogP) is 3.20. The number of benzene rings is 2. The van der Waals surface area contributed by atoms with Crippen molar-refractivity contribution in [3.8, 4) is 5.75 Å². The van der Waals surface area contributed by atoms with Gasteiger partial charge in [0.25, 0.3) is 5.91 Å². The van der Waals surface area contributed by atoms with Crippen LogP contribution in [-0.4, -0.2) is 25.0 Å². The SMILES string of the molecule is COc1ccc(N[C@@H]2CC(=O)N(c3cccc(Br)c3)C2=O)cc1. The topological polar surface area (TPSA) is 58.6 Å². The molecule has 118 valence electrons. The third kappa shape index (κ3) is 3.22. The number of amides is 2. The zero-order chi connectivity index (χ0) is 16.4. The number of anilines is 2. The van der Waals surface area contributed by atoms with Crippen LogP contribution in [-0.2, 0) is 9.59 Å². The number of hydrogen-bond donors (Lipinski definition) is 1. The van der Waals surface area contributed by atoms with Crippen molar-refractivity contribution in [1.29, 1.82) is 0 Å². The Morgan fingerprint density at radius 2 is 1.91 bits per heavy atom. The smallest absolute Gasteiger partial charge is 0.256 e. The maximum absolute atomic E-state index is 12.6. The lowest BCUT2D eigenvalue weighted by molar-refractivity contribution is -0.121. The Kier molecular flexibility index (Phi) is 4.34. The number of nitrogens with one attached hydrogen (secondary N) is 1. The summed E-state index contributed by atoms with van der Waals surface area (Å²) in [5.74, 6) is 0.281. The molecular formula is C17H15BrN2O3. The van der Waals surface area contributed by atoms with Crippen LogP contribution in [0, 0.1) is 0 Å². The number of carbonyl (C=O) groups is 2. The van der Waals surface area contributed by atoms with Crippen LogP contribution >= 0.6 is 15.9 Å². The molecule has 1 saturated heterocycles. The van der Waals surface area contributed by atoms with Gasteiger partial charge in [0.05, 0.1) is 19.2 Å². The molecular weight excluding hydrogens is 360 g/mol. The number of ether oxygens (including phenoxy) is 1. The number of halogens is 1. The highest BCUT2D eigenvalue weighted by atomic mass is 79.9. The van der Waals surface area contributed by atoms with E-state index in [1.807, 2.05) is 18.2 Å². The van der Waals surface area contributed by atoms with Gasteiger partial charge in [-0.05, 0) is 42.5 Å². The highest BCUT2D eigenvalue weighted by molar-refractivity contribution is 9.10. The normalized spacial score (nSPS) is 17.5. The van der Waals surface area contributed by atoms with Crippen LogP contribution in [0.4, 0.5) is 11.4 Å². The van der Waals surface area contributed by atoms with Crippen LogP contribution < -0.4 is 15.0 Å². The van der Waals surface area contributed by atoms with E-state index < -0.39 is 6.04 Å². The summed E-state index contributed by atoms with van der Waals surface area (Å²) in [5.41, 5.74) is 1.35. The average molecular weight is 375 g/mol. The Balaban J connectivity index is 1.78. The number of methoxy groups -OCH3 is 1. The van der Waals surface area contributed by atoms with Gasteiger partial charge in [-0.3, -0.25) is 9.59 Å². The lowest BCUT2D eigenvalue weighted by atomic mass is 10.2. The largest absolute Gasteiger partial charge is 0.497 e. The molecule has 3 rings (SSSR count). The molecule has 1 N–H and O–H groups in total. The summed E-state index contributed by atoms with van der Waals surface area (Å²) in [4.78, 5) is 26.0. The van der Waals surface area contributed by atoms with Gasteiger partial charge in [0.15, 0.2) is 0 Å². The van der Waals surface area contributed by atoms with E-state index in [1.54, 1.807) is 37.4 Å². The lowest BCUT2D eigenvalue weighted by Crippen LogP contribution is -2.34. The molecule has 2 amide bonds. The predicted molar refractivity (Wildman–Crippen MR) is 91.7 cm³/mol. The van der Waals surface area contributed by atoms with Crippen molar-refractivity contribution in [1.82, 2.24) is 0 Å². The first-order valence-corrected chi connectivity index (χ1v) is 7.91. The van der Waals surface area contributed by atoms with Crippen LogP contribution in [0.1, 0.15) is 6.42 Å². The molecule has 0 aliphatic carbocycles. The van der Waals surface area contributed by atoms with Gasteiger partial charge < -0.3 is 10.1 Å². The lowest BCUT2D eigenvalue weighted by Gasteiger charge is -2.16. The van der Waals surface area contributed by atoms with E-state index in [9.17, 15) is 9.59 Å². The fourth-order valence-corrected chi connectivity index (χ4v) is 2.91. The van der Waals surface area contributed by atoms with Crippen molar-refractivity contribution in [2.24, 2.45) is 0 Å². The molecule has 1 fully saturated rings. The molecule has 1 aliphatic heterocycles. The van der Waals surface area contributed by atoms with Gasteiger partial charge in [-0.1, -0.05) is 22.0 Å². The summed E-state index contributed by atoms with van der Waals surface area (Å²) in [6, 6.07) is 13.8. The first-order chi connectivity index (χ1) is 11.1. The minimum Gasteiger partial charge on any atom is -0.497 e. The Morgan fingerprint density at radius 1 is 1.17 bits per heavy atom. The summed E-state index contributed by atoms with van der Waals surface area (Å²) < 4.78 is 5.92. The molecule has 0 unspecified atom stereocenters. The first kappa shape index (κ1) is 15.6. The molecule has 5 nitrogen and oxygen atoms in total. The summed E-state index contributed by atoms with van der Waals surface area (Å²) in [6.45, 7) is 0. The summed E-state index contributed by atoms with van der Waals surface area (Å²) in [5, 5.41) is 3.11. The molecule has 1 atom stereocenters. The molecule has 0 spiro atoms. The second-order valence-corrected chi connectivity index (χ2v) is 6.09. The molecule has 2 aromatic rings. The average Bonchev–Trinajstić information content (AvgIpc) is 2.82. The van der Waals surface area contributed by atoms with Crippen LogP contribution in [0.5, 0.6) is 5.75 Å². The Labute approximate surface area is 142 Å². The van der Waals surface area contributed by atoms with Gasteiger partial charge in [0, 0.05) is 10.2 Å². The van der Waals surface area contributed by atoms with Gasteiger partial charge in [-0.25, -0.2) is 4.90 Å². The van der Waals surface area contributed by atoms with Crippen molar-refractivity contribution in [2.45, 2.75) is 12.5 Å². The molecule has 1 heterocycles. The second-order valence-electron chi connectivity index (χ2n) is 5.18. The summed E-state index contributed by atoms with van der Waals surface area (Å²) >= 11 is 3.35. The number of carbonyl (C=O) groups excluding carboxylic acids is 2. The monoisotopic (exact) mass is 374 g/mol. The zero-order valence-corrected chi connectivity index (χ0v) is 14.0. The first-order valence-electron chi connectivity index (χ1n) is 7.11. The van der Waals surface area contributed by atoms with E-state index in [4.69, 9.17) is 4.74 Å². The van der Waals surface area contributed by atoms with Crippen molar-refractivity contribution in [2.75, 3.05) is 17.3 Å². The molecule has 1 aliphatic rings. The third-order valence-corrected chi connectivity index (χ3v) is 4.14. The van der Waals surface area contributed by atoms with Crippen molar-refractivity contribution < 1.29 is 14.3 Å². The molecule has 23 heavy (non-hydrogen) atoms. The standard InChI is InChI=1S/C17H15BrN2O3/c1-23-14-7-5-12(6-8-14)19-15-10-16(21)20(17(15)22)13-4-2-3-11(18)9-13/h2-9,15,19H,10H2,1H3/t15-/m1/s1. The highest BCUT2D eigenvalue weighted by Gasteiger charge is 2.39. The van der Waals surface area contributed by atoms with Crippen LogP contribution in [0.25, 0.3) is 0 Å². The summed E-state index contributed by atoms with van der Waals surface area (Å²) in [7, 11) is 1.59. The van der Waals surface area contributed by atoms with E-state index in [0.29, 0.717) is 5.69 Å². The molecule has 0 saturated carbocycles. The second kappa shape index (κ2) is 6.42. The fraction of sp³-hybridized carbons (Fsp3) is 0.176. The minimum absolute atomic E-state index is 0.136. The highest BCUT2D eigenvalue weighted by Crippen LogP contribution is 2.27. The minimum atomic E-state index is -0.560. The van der Waals surface area contributed by atoms with Gasteiger partial charge in [0.1, 0.15) is 11.8 Å². The Bertz CT molecular complexity index is 746. The van der Waals surface area contributed by atoms with E-state index in [0.717, 1.165) is 15.9 Å². The number of imide groups is 1. The quantitative estimate of drug-likeness (QED) is 0.834. The van der Waals surface area contributed by atoms with Crippen molar-refractivity contribution in [3.05, 3.63) is 53.0 Å². The number of rotatable bonds is 4. The van der Waals surface area contributed by atoms with Crippen LogP contribution in [0.2, 0.25) is 0 Å². The molecule has 0 aromatic heterocycles. The van der Waals surface area contributed by atoms with Gasteiger partial charge >= 0.3 is 0 Å². The maximum Gasteiger partial charge on any atom is 0.256 e. The maximum atomic E-state index is 12.6. The van der Waals surface area contributed by atoms with Crippen LogP contribution in [0.15, 0.2) is 53.0 Å². The van der Waals surface area contributed by atoms with E-state index in [1.165, 1.54) is 4.90 Å². The zero-order valence-electron chi connectivity index (χ0n) is 12.5. The van der Waals surface area contributed by atoms with E-state index in [2.05, 4.69) is 21.2 Å². The molecule has 6 heteroatoms.